The Morgan fingerprint density at radius 2 is 1.46 bits per heavy atom. The predicted octanol–water partition coefficient (Wildman–Crippen LogP) is 3.70. The van der Waals surface area contributed by atoms with E-state index in [-0.39, 0.29) is 23.7 Å². The molecule has 2 aromatic carbocycles. The van der Waals surface area contributed by atoms with Crippen LogP contribution in [0.5, 0.6) is 28.7 Å². The molecule has 2 heterocycles. The van der Waals surface area contributed by atoms with Crippen LogP contribution in [0, 0.1) is 0 Å². The quantitative estimate of drug-likeness (QED) is 0.442. The van der Waals surface area contributed by atoms with Crippen LogP contribution in [0.1, 0.15) is 41.4 Å². The molecule has 10 heteroatoms. The van der Waals surface area contributed by atoms with E-state index in [0.29, 0.717) is 57.7 Å². The molecule has 10 nitrogen and oxygen atoms in total. The van der Waals surface area contributed by atoms with Gasteiger partial charge in [-0.1, -0.05) is 12.1 Å². The van der Waals surface area contributed by atoms with Gasteiger partial charge in [0.2, 0.25) is 5.75 Å². The zero-order valence-corrected chi connectivity index (χ0v) is 21.3. The summed E-state index contributed by atoms with van der Waals surface area (Å²) < 4.78 is 27.7. The SMILES string of the molecule is COc1cc(C2CC(=O)C3=C(C2)Nc2[nH][nH]c(=O)c2C3c2cccc(OC)c2OC)cc(OC)c1OC. The fraction of sp³-hybridized carbons (Fsp3) is 0.333. The van der Waals surface area contributed by atoms with Crippen LogP contribution in [0.25, 0.3) is 0 Å². The number of aromatic amines is 2. The van der Waals surface area contributed by atoms with Gasteiger partial charge in [0.05, 0.1) is 47.0 Å². The summed E-state index contributed by atoms with van der Waals surface area (Å²) in [6, 6.07) is 9.21. The summed E-state index contributed by atoms with van der Waals surface area (Å²) >= 11 is 0. The minimum absolute atomic E-state index is 0.0615. The van der Waals surface area contributed by atoms with Crippen LogP contribution in [0.3, 0.4) is 0 Å². The van der Waals surface area contributed by atoms with E-state index in [1.54, 1.807) is 41.6 Å². The fourth-order valence-electron chi connectivity index (χ4n) is 5.44. The smallest absolute Gasteiger partial charge is 0.270 e. The first kappa shape index (κ1) is 24.4. The van der Waals surface area contributed by atoms with Crippen LogP contribution in [-0.4, -0.2) is 51.5 Å². The third kappa shape index (κ3) is 3.89. The molecule has 194 valence electrons. The lowest BCUT2D eigenvalue weighted by Crippen LogP contribution is -2.31. The van der Waals surface area contributed by atoms with Gasteiger partial charge in [0.1, 0.15) is 5.82 Å². The van der Waals surface area contributed by atoms with E-state index < -0.39 is 5.92 Å². The maximum atomic E-state index is 13.8. The first-order valence-electron chi connectivity index (χ1n) is 11.8. The topological polar surface area (TPSA) is 124 Å². The Hall–Kier alpha value is -4.34. The summed E-state index contributed by atoms with van der Waals surface area (Å²) in [5.74, 6) is 2.24. The molecule has 2 atom stereocenters. The molecular weight excluding hydrogens is 478 g/mol. The monoisotopic (exact) mass is 507 g/mol. The van der Waals surface area contributed by atoms with Gasteiger partial charge in [-0.15, -0.1) is 0 Å². The summed E-state index contributed by atoms with van der Waals surface area (Å²) in [4.78, 5) is 26.7. The van der Waals surface area contributed by atoms with Crippen molar-refractivity contribution in [3.05, 3.63) is 68.6 Å². The Labute approximate surface area is 213 Å². The highest BCUT2D eigenvalue weighted by Gasteiger charge is 2.42. The summed E-state index contributed by atoms with van der Waals surface area (Å²) in [5.41, 5.74) is 3.00. The zero-order valence-electron chi connectivity index (χ0n) is 21.3. The van der Waals surface area contributed by atoms with Gasteiger partial charge < -0.3 is 29.0 Å². The fourth-order valence-corrected chi connectivity index (χ4v) is 5.44. The second kappa shape index (κ2) is 9.61. The Bertz CT molecular complexity index is 1430. The number of benzene rings is 2. The zero-order chi connectivity index (χ0) is 26.3. The average molecular weight is 508 g/mol. The number of ether oxygens (including phenoxy) is 5. The van der Waals surface area contributed by atoms with Crippen molar-refractivity contribution in [2.45, 2.75) is 24.7 Å². The number of ketones is 1. The second-order valence-corrected chi connectivity index (χ2v) is 8.89. The Morgan fingerprint density at radius 3 is 2.08 bits per heavy atom. The molecule has 5 rings (SSSR count). The summed E-state index contributed by atoms with van der Waals surface area (Å²) in [6.45, 7) is 0. The lowest BCUT2D eigenvalue weighted by Gasteiger charge is -2.35. The van der Waals surface area contributed by atoms with E-state index >= 15 is 0 Å². The molecule has 1 aliphatic heterocycles. The number of H-pyrrole nitrogens is 2. The Morgan fingerprint density at radius 1 is 0.784 bits per heavy atom. The molecule has 0 radical (unpaired) electrons. The summed E-state index contributed by atoms with van der Waals surface area (Å²) in [5, 5.41) is 8.89. The van der Waals surface area contributed by atoms with Crippen molar-refractivity contribution < 1.29 is 28.5 Å². The first-order valence-corrected chi connectivity index (χ1v) is 11.8. The lowest BCUT2D eigenvalue weighted by molar-refractivity contribution is -0.116. The molecule has 0 saturated heterocycles. The van der Waals surface area contributed by atoms with Crippen molar-refractivity contribution in [2.24, 2.45) is 0 Å². The molecule has 2 aliphatic rings. The molecule has 0 fully saturated rings. The number of nitrogens with one attached hydrogen (secondary N) is 3. The molecule has 0 amide bonds. The van der Waals surface area contributed by atoms with Crippen LogP contribution in [0.15, 0.2) is 46.4 Å². The van der Waals surface area contributed by atoms with E-state index in [2.05, 4.69) is 15.5 Å². The highest BCUT2D eigenvalue weighted by Crippen LogP contribution is 2.51. The number of carbonyl (C=O) groups excluding carboxylic acids is 1. The minimum atomic E-state index is -0.625. The van der Waals surface area contributed by atoms with Gasteiger partial charge in [-0.25, -0.2) is 0 Å². The maximum Gasteiger partial charge on any atom is 0.270 e. The number of fused-ring (bicyclic) bond motifs is 1. The Kier molecular flexibility index (Phi) is 6.32. The number of rotatable bonds is 7. The summed E-state index contributed by atoms with van der Waals surface area (Å²) in [6.07, 6.45) is 0.786. The van der Waals surface area contributed by atoms with Gasteiger partial charge in [-0.2, -0.15) is 0 Å². The molecule has 0 spiro atoms. The van der Waals surface area contributed by atoms with E-state index in [9.17, 15) is 9.59 Å². The van der Waals surface area contributed by atoms with Crippen molar-refractivity contribution in [3.8, 4) is 28.7 Å². The number of aromatic nitrogens is 2. The molecule has 0 saturated carbocycles. The van der Waals surface area contributed by atoms with E-state index in [1.165, 1.54) is 0 Å². The van der Waals surface area contributed by atoms with Crippen LogP contribution >= 0.6 is 0 Å². The van der Waals surface area contributed by atoms with Gasteiger partial charge >= 0.3 is 0 Å². The molecule has 0 bridgehead atoms. The standard InChI is InChI=1S/C27H29N3O7/c1-33-18-8-6-7-15(24(18)36-4)21-22-16(28-26-23(21)27(32)30-29-26)9-13(10-17(22)31)14-11-19(34-2)25(37-5)20(12-14)35-3/h6-8,11-13,21H,9-10H2,1-5H3,(H3,28,29,30,32). The van der Waals surface area contributed by atoms with Crippen LogP contribution in [0.4, 0.5) is 5.82 Å². The number of anilines is 1. The number of carbonyl (C=O) groups is 1. The van der Waals surface area contributed by atoms with Crippen LogP contribution in [-0.2, 0) is 4.79 Å². The third-order valence-electron chi connectivity index (χ3n) is 7.08. The number of hydrogen-bond acceptors (Lipinski definition) is 8. The molecule has 37 heavy (non-hydrogen) atoms. The highest BCUT2D eigenvalue weighted by molar-refractivity contribution is 6.01. The van der Waals surface area contributed by atoms with Crippen LogP contribution in [0.2, 0.25) is 0 Å². The second-order valence-electron chi connectivity index (χ2n) is 8.89. The van der Waals surface area contributed by atoms with Crippen molar-refractivity contribution in [2.75, 3.05) is 40.9 Å². The van der Waals surface area contributed by atoms with Gasteiger partial charge in [0.15, 0.2) is 28.8 Å². The van der Waals surface area contributed by atoms with Gasteiger partial charge in [0.25, 0.3) is 5.56 Å². The molecule has 2 unspecified atom stereocenters. The molecule has 3 aromatic rings. The normalized spacial score (nSPS) is 18.5. The lowest BCUT2D eigenvalue weighted by atomic mass is 9.72. The van der Waals surface area contributed by atoms with Crippen molar-refractivity contribution in [1.29, 1.82) is 0 Å². The third-order valence-corrected chi connectivity index (χ3v) is 7.08. The Balaban J connectivity index is 1.64. The van der Waals surface area contributed by atoms with Gasteiger partial charge in [-0.05, 0) is 36.1 Å². The minimum Gasteiger partial charge on any atom is -0.493 e. The molecule has 1 aromatic heterocycles. The number of allylic oxidation sites excluding steroid dienone is 2. The average Bonchev–Trinajstić information content (AvgIpc) is 3.30. The van der Waals surface area contributed by atoms with E-state index in [4.69, 9.17) is 23.7 Å². The predicted molar refractivity (Wildman–Crippen MR) is 137 cm³/mol. The van der Waals surface area contributed by atoms with Crippen molar-refractivity contribution in [1.82, 2.24) is 10.2 Å². The van der Waals surface area contributed by atoms with Crippen molar-refractivity contribution in [3.63, 3.8) is 0 Å². The van der Waals surface area contributed by atoms with Crippen molar-refractivity contribution >= 4 is 11.6 Å². The first-order chi connectivity index (χ1) is 17.9. The largest absolute Gasteiger partial charge is 0.493 e. The number of Topliss-reactive ketones (excluding diaryl/α,β-unsaturated/α-hetero) is 1. The number of hydrogen-bond donors (Lipinski definition) is 3. The highest BCUT2D eigenvalue weighted by atomic mass is 16.5. The molecule has 1 aliphatic carbocycles. The maximum absolute atomic E-state index is 13.8. The summed E-state index contributed by atoms with van der Waals surface area (Å²) in [7, 11) is 7.77. The number of methoxy groups -OCH3 is 5. The van der Waals surface area contributed by atoms with E-state index in [1.807, 2.05) is 24.3 Å². The number of para-hydroxylation sites is 1. The van der Waals surface area contributed by atoms with Crippen LogP contribution < -0.4 is 34.6 Å². The van der Waals surface area contributed by atoms with Gasteiger partial charge in [-0.3, -0.25) is 19.8 Å². The van der Waals surface area contributed by atoms with Gasteiger partial charge in [0, 0.05) is 23.3 Å². The molecular formula is C27H29N3O7. The van der Waals surface area contributed by atoms with E-state index in [0.717, 1.165) is 11.3 Å². The molecule has 3 N–H and O–H groups in total.